The van der Waals surface area contributed by atoms with Gasteiger partial charge in [-0.1, -0.05) is 12.1 Å². The fraction of sp³-hybridized carbons (Fsp3) is 0.294. The summed E-state index contributed by atoms with van der Waals surface area (Å²) in [4.78, 5) is 25.7. The number of fused-ring (bicyclic) bond motifs is 2. The first-order chi connectivity index (χ1) is 10.9. The van der Waals surface area contributed by atoms with Crippen LogP contribution in [0.5, 0.6) is 5.75 Å². The van der Waals surface area contributed by atoms with Gasteiger partial charge >= 0.3 is 0 Å². The zero-order valence-corrected chi connectivity index (χ0v) is 12.8. The molecule has 1 aromatic carbocycles. The predicted molar refractivity (Wildman–Crippen MR) is 81.9 cm³/mol. The highest BCUT2D eigenvalue weighted by Gasteiger charge is 2.38. The number of aliphatic hydroxyl groups is 2. The Bertz CT molecular complexity index is 832. The Labute approximate surface area is 132 Å². The van der Waals surface area contributed by atoms with Crippen LogP contribution in [0.15, 0.2) is 18.2 Å². The van der Waals surface area contributed by atoms with Gasteiger partial charge in [0.1, 0.15) is 5.75 Å². The first-order valence-electron chi connectivity index (χ1n) is 7.33. The highest BCUT2D eigenvalue weighted by Crippen LogP contribution is 2.38. The van der Waals surface area contributed by atoms with E-state index in [1.165, 1.54) is 25.1 Å². The van der Waals surface area contributed by atoms with Crippen LogP contribution in [0, 0.1) is 6.92 Å². The van der Waals surface area contributed by atoms with Crippen LogP contribution in [0.4, 0.5) is 0 Å². The van der Waals surface area contributed by atoms with E-state index in [1.807, 2.05) is 0 Å². The minimum atomic E-state index is -0.973. The Balaban J connectivity index is 2.38. The van der Waals surface area contributed by atoms with Crippen molar-refractivity contribution >= 4 is 11.6 Å². The summed E-state index contributed by atoms with van der Waals surface area (Å²) in [5, 5.41) is 29.3. The molecule has 1 aromatic heterocycles. The number of aromatic nitrogens is 1. The van der Waals surface area contributed by atoms with Crippen LogP contribution in [-0.4, -0.2) is 38.1 Å². The molecule has 6 heteroatoms. The average Bonchev–Trinajstić information content (AvgIpc) is 2.79. The van der Waals surface area contributed by atoms with E-state index in [4.69, 9.17) is 0 Å². The highest BCUT2D eigenvalue weighted by molar-refractivity contribution is 6.30. The van der Waals surface area contributed by atoms with Gasteiger partial charge in [0.25, 0.3) is 0 Å². The van der Waals surface area contributed by atoms with Gasteiger partial charge in [0.2, 0.25) is 0 Å². The number of benzene rings is 1. The monoisotopic (exact) mass is 315 g/mol. The van der Waals surface area contributed by atoms with E-state index in [9.17, 15) is 24.9 Å². The second kappa shape index (κ2) is 5.33. The molecule has 1 atom stereocenters. The second-order valence-electron chi connectivity index (χ2n) is 5.63. The summed E-state index contributed by atoms with van der Waals surface area (Å²) in [5.41, 5.74) is 1.29. The molecule has 120 valence electrons. The summed E-state index contributed by atoms with van der Waals surface area (Å²) in [6.07, 6.45) is -0.973. The Morgan fingerprint density at radius 3 is 2.43 bits per heavy atom. The molecule has 0 saturated carbocycles. The number of carbonyl (C=O) groups excluding carboxylic acids is 2. The molecule has 0 aliphatic heterocycles. The van der Waals surface area contributed by atoms with Crippen LogP contribution in [0.25, 0.3) is 0 Å². The first-order valence-corrected chi connectivity index (χ1v) is 7.33. The van der Waals surface area contributed by atoms with Crippen molar-refractivity contribution in [3.63, 3.8) is 0 Å². The third-order valence-electron chi connectivity index (χ3n) is 4.25. The molecule has 0 fully saturated rings. The van der Waals surface area contributed by atoms with E-state index in [1.54, 1.807) is 11.5 Å². The maximum Gasteiger partial charge on any atom is 0.200 e. The van der Waals surface area contributed by atoms with Crippen molar-refractivity contribution in [2.45, 2.75) is 26.5 Å². The quantitative estimate of drug-likeness (QED) is 0.677. The third kappa shape index (κ3) is 2.03. The molecule has 1 aliphatic carbocycles. The second-order valence-corrected chi connectivity index (χ2v) is 5.63. The maximum atomic E-state index is 12.9. The van der Waals surface area contributed by atoms with Crippen LogP contribution in [0.1, 0.15) is 56.3 Å². The van der Waals surface area contributed by atoms with Crippen molar-refractivity contribution in [1.82, 2.24) is 4.57 Å². The van der Waals surface area contributed by atoms with Crippen molar-refractivity contribution in [3.05, 3.63) is 51.8 Å². The Morgan fingerprint density at radius 1 is 1.13 bits per heavy atom. The van der Waals surface area contributed by atoms with Crippen LogP contribution in [0.2, 0.25) is 0 Å². The van der Waals surface area contributed by atoms with Gasteiger partial charge in [-0.2, -0.15) is 0 Å². The molecular formula is C17H17NO5. The average molecular weight is 315 g/mol. The van der Waals surface area contributed by atoms with Gasteiger partial charge < -0.3 is 19.9 Å². The smallest absolute Gasteiger partial charge is 0.200 e. The number of ketones is 2. The van der Waals surface area contributed by atoms with E-state index in [2.05, 4.69) is 0 Å². The summed E-state index contributed by atoms with van der Waals surface area (Å²) in [6, 6.07) is 4.36. The molecular weight excluding hydrogens is 298 g/mol. The van der Waals surface area contributed by atoms with Crippen molar-refractivity contribution in [3.8, 4) is 5.75 Å². The number of aliphatic hydroxyl groups excluding tert-OH is 2. The summed E-state index contributed by atoms with van der Waals surface area (Å²) in [5.74, 6) is -1.08. The van der Waals surface area contributed by atoms with Gasteiger partial charge in [-0.15, -0.1) is 0 Å². The molecule has 3 N–H and O–H groups in total. The normalized spacial score (nSPS) is 14.6. The molecule has 1 heterocycles. The lowest BCUT2D eigenvalue weighted by Gasteiger charge is -2.17. The third-order valence-corrected chi connectivity index (χ3v) is 4.25. The topological polar surface area (TPSA) is 99.8 Å². The molecule has 2 aromatic rings. The number of hydrogen-bond donors (Lipinski definition) is 3. The highest BCUT2D eigenvalue weighted by atomic mass is 16.3. The fourth-order valence-corrected chi connectivity index (χ4v) is 3.32. The van der Waals surface area contributed by atoms with E-state index >= 15 is 0 Å². The SMILES string of the molecule is Cc1c2c(c([C@@H](C)O)n1CCO)C(=O)c1cccc(O)c1C2=O. The van der Waals surface area contributed by atoms with E-state index in [-0.39, 0.29) is 41.2 Å². The van der Waals surface area contributed by atoms with Gasteiger partial charge in [-0.05, 0) is 19.9 Å². The Kier molecular flexibility index (Phi) is 3.58. The van der Waals surface area contributed by atoms with E-state index < -0.39 is 17.7 Å². The molecule has 0 saturated heterocycles. The lowest BCUT2D eigenvalue weighted by atomic mass is 9.83. The number of phenols is 1. The summed E-state index contributed by atoms with van der Waals surface area (Å²) in [7, 11) is 0. The maximum absolute atomic E-state index is 12.9. The van der Waals surface area contributed by atoms with Gasteiger partial charge in [-0.25, -0.2) is 0 Å². The first kappa shape index (κ1) is 15.5. The molecule has 6 nitrogen and oxygen atoms in total. The van der Waals surface area contributed by atoms with Gasteiger partial charge in [0, 0.05) is 17.8 Å². The largest absolute Gasteiger partial charge is 0.507 e. The lowest BCUT2D eigenvalue weighted by Crippen LogP contribution is -2.21. The summed E-state index contributed by atoms with van der Waals surface area (Å²) >= 11 is 0. The van der Waals surface area contributed by atoms with Crippen LogP contribution >= 0.6 is 0 Å². The minimum absolute atomic E-state index is 0.00797. The molecule has 3 rings (SSSR count). The van der Waals surface area contributed by atoms with Crippen LogP contribution < -0.4 is 0 Å². The number of carbonyl (C=O) groups is 2. The Hall–Kier alpha value is -2.44. The van der Waals surface area contributed by atoms with Crippen LogP contribution in [0.3, 0.4) is 0 Å². The molecule has 23 heavy (non-hydrogen) atoms. The molecule has 0 radical (unpaired) electrons. The fourth-order valence-electron chi connectivity index (χ4n) is 3.32. The zero-order chi connectivity index (χ0) is 16.9. The number of nitrogens with zero attached hydrogens (tertiary/aromatic N) is 1. The van der Waals surface area contributed by atoms with Crippen molar-refractivity contribution < 1.29 is 24.9 Å². The zero-order valence-electron chi connectivity index (χ0n) is 12.8. The Morgan fingerprint density at radius 2 is 1.83 bits per heavy atom. The van der Waals surface area contributed by atoms with Gasteiger partial charge in [0.05, 0.1) is 35.1 Å². The molecule has 0 amide bonds. The molecule has 0 unspecified atom stereocenters. The van der Waals surface area contributed by atoms with Crippen LogP contribution in [-0.2, 0) is 6.54 Å². The standard InChI is InChI=1S/C17H17NO5/c1-8-12-14(15(9(2)20)18(8)6-7-19)16(22)10-4-3-5-11(21)13(10)17(12)23/h3-5,9,19-21H,6-7H2,1-2H3/t9-/m1/s1. The number of hydrogen-bond acceptors (Lipinski definition) is 5. The molecule has 1 aliphatic rings. The number of rotatable bonds is 3. The number of phenolic OH excluding ortho intramolecular Hbond substituents is 1. The summed E-state index contributed by atoms with van der Waals surface area (Å²) < 4.78 is 1.59. The molecule has 0 spiro atoms. The number of aromatic hydroxyl groups is 1. The van der Waals surface area contributed by atoms with Crippen molar-refractivity contribution in [2.75, 3.05) is 6.61 Å². The van der Waals surface area contributed by atoms with Gasteiger partial charge in [-0.3, -0.25) is 9.59 Å². The van der Waals surface area contributed by atoms with Crippen molar-refractivity contribution in [2.24, 2.45) is 0 Å². The summed E-state index contributed by atoms with van der Waals surface area (Å²) in [6.45, 7) is 3.16. The predicted octanol–water partition coefficient (Wildman–Crippen LogP) is 1.32. The minimum Gasteiger partial charge on any atom is -0.507 e. The van der Waals surface area contributed by atoms with Crippen molar-refractivity contribution in [1.29, 1.82) is 0 Å². The van der Waals surface area contributed by atoms with Gasteiger partial charge in [0.15, 0.2) is 11.6 Å². The molecule has 0 bridgehead atoms. The van der Waals surface area contributed by atoms with E-state index in [0.29, 0.717) is 11.4 Å². The lowest BCUT2D eigenvalue weighted by molar-refractivity contribution is 0.0973. The van der Waals surface area contributed by atoms with E-state index in [0.717, 1.165) is 0 Å².